The van der Waals surface area contributed by atoms with Gasteiger partial charge in [0.25, 0.3) is 5.91 Å². The molecule has 11 heteroatoms. The fourth-order valence-electron chi connectivity index (χ4n) is 3.80. The summed E-state index contributed by atoms with van der Waals surface area (Å²) in [7, 11) is 1.46. The summed E-state index contributed by atoms with van der Waals surface area (Å²) >= 11 is 0. The minimum Gasteiger partial charge on any atom is -0.493 e. The number of methoxy groups -OCH3 is 1. The lowest BCUT2D eigenvalue weighted by Gasteiger charge is -2.12. The number of rotatable bonds is 9. The lowest BCUT2D eigenvalue weighted by atomic mass is 10.1. The number of carbonyl (C=O) groups excluding carboxylic acids is 3. The maximum atomic E-state index is 12.3. The lowest BCUT2D eigenvalue weighted by Crippen LogP contribution is -2.37. The van der Waals surface area contributed by atoms with Gasteiger partial charge in [-0.15, -0.1) is 0 Å². The summed E-state index contributed by atoms with van der Waals surface area (Å²) in [4.78, 5) is 36.5. The first-order chi connectivity index (χ1) is 18.8. The summed E-state index contributed by atoms with van der Waals surface area (Å²) in [6.07, 6.45) is 1.35. The third-order valence-corrected chi connectivity index (χ3v) is 5.53. The monoisotopic (exact) mass is 532 g/mol. The Bertz CT molecular complexity index is 1400. The second kappa shape index (κ2) is 12.5. The Morgan fingerprint density at radius 1 is 0.923 bits per heavy atom. The van der Waals surface area contributed by atoms with Gasteiger partial charge in [0.15, 0.2) is 29.6 Å². The summed E-state index contributed by atoms with van der Waals surface area (Å²) in [5, 5.41) is 9.15. The molecule has 0 spiro atoms. The molecule has 0 atom stereocenters. The first-order valence-electron chi connectivity index (χ1n) is 12.0. The fourth-order valence-corrected chi connectivity index (χ4v) is 3.80. The van der Waals surface area contributed by atoms with Crippen molar-refractivity contribution >= 4 is 29.6 Å². The summed E-state index contributed by atoms with van der Waals surface area (Å²) in [6, 6.07) is 15.9. The number of hydrazone groups is 1. The Balaban J connectivity index is 1.25. The highest BCUT2D eigenvalue weighted by atomic mass is 16.7. The van der Waals surface area contributed by atoms with Crippen LogP contribution >= 0.6 is 0 Å². The van der Waals surface area contributed by atoms with Gasteiger partial charge in [-0.05, 0) is 78.6 Å². The van der Waals surface area contributed by atoms with E-state index in [0.717, 1.165) is 16.7 Å². The molecule has 1 aliphatic heterocycles. The quantitative estimate of drug-likeness (QED) is 0.219. The standard InChI is InChI=1S/C28H28N4O7/c1-17-8-18(2)10-21(9-17)31-26(33)15-37-22-6-5-20(11-24(22)36-3)14-30-32-28(35)27(34)29-13-19-4-7-23-25(12-19)39-16-38-23/h4-12,14H,13,15-16H2,1-3H3,(H,29,34)(H,31,33)(H,32,35)/b30-14-. The van der Waals surface area contributed by atoms with Crippen LogP contribution in [-0.2, 0) is 20.9 Å². The van der Waals surface area contributed by atoms with E-state index in [2.05, 4.69) is 21.2 Å². The van der Waals surface area contributed by atoms with E-state index in [9.17, 15) is 14.4 Å². The van der Waals surface area contributed by atoms with Crippen LogP contribution in [0.4, 0.5) is 5.69 Å². The van der Waals surface area contributed by atoms with Gasteiger partial charge in [-0.3, -0.25) is 14.4 Å². The maximum absolute atomic E-state index is 12.3. The Kier molecular flexibility index (Phi) is 8.62. The molecule has 3 aromatic carbocycles. The molecular weight excluding hydrogens is 504 g/mol. The van der Waals surface area contributed by atoms with E-state index in [1.165, 1.54) is 13.3 Å². The van der Waals surface area contributed by atoms with Crippen LogP contribution in [0.15, 0.2) is 59.7 Å². The van der Waals surface area contributed by atoms with Gasteiger partial charge in [0.05, 0.1) is 13.3 Å². The molecule has 202 valence electrons. The second-order valence-electron chi connectivity index (χ2n) is 8.69. The van der Waals surface area contributed by atoms with Crippen LogP contribution in [-0.4, -0.2) is 44.4 Å². The van der Waals surface area contributed by atoms with Crippen LogP contribution in [0.25, 0.3) is 0 Å². The third-order valence-electron chi connectivity index (χ3n) is 5.53. The summed E-state index contributed by atoms with van der Waals surface area (Å²) in [5.41, 5.74) is 6.29. The molecule has 39 heavy (non-hydrogen) atoms. The van der Waals surface area contributed by atoms with Crippen LogP contribution < -0.4 is 35.0 Å². The van der Waals surface area contributed by atoms with Gasteiger partial charge in [0.1, 0.15) is 0 Å². The average molecular weight is 533 g/mol. The molecule has 11 nitrogen and oxygen atoms in total. The van der Waals surface area contributed by atoms with E-state index in [4.69, 9.17) is 18.9 Å². The molecule has 0 saturated carbocycles. The number of aryl methyl sites for hydroxylation is 2. The van der Waals surface area contributed by atoms with E-state index in [1.807, 2.05) is 32.0 Å². The largest absolute Gasteiger partial charge is 0.493 e. The predicted octanol–water partition coefficient (Wildman–Crippen LogP) is 2.82. The first kappa shape index (κ1) is 27.0. The number of hydrogen-bond donors (Lipinski definition) is 3. The molecule has 1 aliphatic rings. The number of anilines is 1. The van der Waals surface area contributed by atoms with E-state index in [0.29, 0.717) is 34.2 Å². The van der Waals surface area contributed by atoms with E-state index >= 15 is 0 Å². The second-order valence-corrected chi connectivity index (χ2v) is 8.69. The number of hydrogen-bond acceptors (Lipinski definition) is 8. The zero-order valence-corrected chi connectivity index (χ0v) is 21.7. The highest BCUT2D eigenvalue weighted by molar-refractivity contribution is 6.35. The zero-order chi connectivity index (χ0) is 27.8. The first-order valence-corrected chi connectivity index (χ1v) is 12.0. The van der Waals surface area contributed by atoms with Crippen LogP contribution in [0.2, 0.25) is 0 Å². The van der Waals surface area contributed by atoms with Crippen LogP contribution in [0.1, 0.15) is 22.3 Å². The van der Waals surface area contributed by atoms with E-state index < -0.39 is 11.8 Å². The van der Waals surface area contributed by atoms with Crippen molar-refractivity contribution in [1.29, 1.82) is 0 Å². The fraction of sp³-hybridized carbons (Fsp3) is 0.214. The van der Waals surface area contributed by atoms with Gasteiger partial charge in [-0.25, -0.2) is 5.43 Å². The summed E-state index contributed by atoms with van der Waals surface area (Å²) in [5.74, 6) is -0.135. The normalized spacial score (nSPS) is 11.7. The van der Waals surface area contributed by atoms with Crippen molar-refractivity contribution in [2.75, 3.05) is 25.8 Å². The van der Waals surface area contributed by atoms with Gasteiger partial charge in [-0.1, -0.05) is 12.1 Å². The highest BCUT2D eigenvalue weighted by Crippen LogP contribution is 2.32. The molecule has 0 saturated heterocycles. The minimum absolute atomic E-state index is 0.133. The van der Waals surface area contributed by atoms with Crippen LogP contribution in [0.5, 0.6) is 23.0 Å². The molecule has 0 aromatic heterocycles. The number of nitrogens with one attached hydrogen (secondary N) is 3. The smallest absolute Gasteiger partial charge is 0.329 e. The molecule has 3 aromatic rings. The number of nitrogens with zero attached hydrogens (tertiary/aromatic N) is 1. The van der Waals surface area contributed by atoms with Gasteiger partial charge in [0.2, 0.25) is 6.79 Å². The Labute approximate surface area is 225 Å². The Hall–Kier alpha value is -5.06. The van der Waals surface area contributed by atoms with Crippen molar-refractivity contribution < 1.29 is 33.3 Å². The van der Waals surface area contributed by atoms with Crippen molar-refractivity contribution in [3.05, 3.63) is 76.9 Å². The highest BCUT2D eigenvalue weighted by Gasteiger charge is 2.16. The van der Waals surface area contributed by atoms with Gasteiger partial charge in [0, 0.05) is 12.2 Å². The molecule has 0 bridgehead atoms. The van der Waals surface area contributed by atoms with E-state index in [-0.39, 0.29) is 25.9 Å². The SMILES string of the molecule is COc1cc(/C=N\NC(=O)C(=O)NCc2ccc3c(c2)OCO3)ccc1OCC(=O)Nc1cc(C)cc(C)c1. The van der Waals surface area contributed by atoms with Crippen LogP contribution in [0, 0.1) is 13.8 Å². The molecular formula is C28H28N4O7. The molecule has 1 heterocycles. The number of carbonyl (C=O) groups is 3. The minimum atomic E-state index is -0.922. The Morgan fingerprint density at radius 3 is 2.46 bits per heavy atom. The van der Waals surface area contributed by atoms with E-state index in [1.54, 1.807) is 36.4 Å². The molecule has 0 unspecified atom stereocenters. The molecule has 0 radical (unpaired) electrons. The predicted molar refractivity (Wildman–Crippen MR) is 143 cm³/mol. The van der Waals surface area contributed by atoms with Gasteiger partial charge in [-0.2, -0.15) is 5.10 Å². The zero-order valence-electron chi connectivity index (χ0n) is 21.7. The number of ether oxygens (including phenoxy) is 4. The summed E-state index contributed by atoms with van der Waals surface area (Å²) in [6.45, 7) is 3.98. The Morgan fingerprint density at radius 2 is 1.69 bits per heavy atom. The topological polar surface area (TPSA) is 137 Å². The van der Waals surface area contributed by atoms with Crippen molar-refractivity contribution in [1.82, 2.24) is 10.7 Å². The van der Waals surface area contributed by atoms with Crippen molar-refractivity contribution in [3.8, 4) is 23.0 Å². The van der Waals surface area contributed by atoms with Crippen LogP contribution in [0.3, 0.4) is 0 Å². The van der Waals surface area contributed by atoms with Crippen molar-refractivity contribution in [3.63, 3.8) is 0 Å². The van der Waals surface area contributed by atoms with Crippen molar-refractivity contribution in [2.24, 2.45) is 5.10 Å². The van der Waals surface area contributed by atoms with Gasteiger partial charge >= 0.3 is 11.8 Å². The molecule has 4 rings (SSSR count). The average Bonchev–Trinajstić information content (AvgIpc) is 3.38. The molecule has 3 N–H and O–H groups in total. The molecule has 0 fully saturated rings. The van der Waals surface area contributed by atoms with Crippen molar-refractivity contribution in [2.45, 2.75) is 20.4 Å². The summed E-state index contributed by atoms with van der Waals surface area (Å²) < 4.78 is 21.5. The lowest BCUT2D eigenvalue weighted by molar-refractivity contribution is -0.139. The van der Waals surface area contributed by atoms with Gasteiger partial charge < -0.3 is 29.6 Å². The third kappa shape index (κ3) is 7.48. The number of benzene rings is 3. The maximum Gasteiger partial charge on any atom is 0.329 e. The number of fused-ring (bicyclic) bond motifs is 1. The number of amides is 3. The molecule has 0 aliphatic carbocycles. The molecule has 3 amide bonds.